The molecule has 0 bridgehead atoms. The van der Waals surface area contributed by atoms with Crippen LogP contribution in [0.4, 0.5) is 30.7 Å². The molecule has 8 heteroatoms. The molecule has 0 aromatic carbocycles. The van der Waals surface area contributed by atoms with Gasteiger partial charge >= 0.3 is 6.11 Å². The van der Waals surface area contributed by atoms with E-state index in [1.807, 2.05) is 0 Å². The van der Waals surface area contributed by atoms with Gasteiger partial charge in [0.25, 0.3) is 0 Å². The average molecular weight is 501 g/mol. The van der Waals surface area contributed by atoms with E-state index in [1.54, 1.807) is 0 Å². The molecule has 4 aliphatic rings. The molecule has 0 saturated heterocycles. The van der Waals surface area contributed by atoms with Crippen molar-refractivity contribution in [3.8, 4) is 0 Å². The van der Waals surface area contributed by atoms with Gasteiger partial charge in [-0.2, -0.15) is 8.78 Å². The predicted octanol–water partition coefficient (Wildman–Crippen LogP) is 8.11. The van der Waals surface area contributed by atoms with Crippen LogP contribution in [0.1, 0.15) is 84.0 Å². The Morgan fingerprint density at radius 1 is 0.559 bits per heavy atom. The molecule has 34 heavy (non-hydrogen) atoms. The molecule has 1 nitrogen and oxygen atoms in total. The molecule has 0 radical (unpaired) electrons. The lowest BCUT2D eigenvalue weighted by Crippen LogP contribution is -2.51. The van der Waals surface area contributed by atoms with Crippen LogP contribution >= 0.6 is 0 Å². The van der Waals surface area contributed by atoms with Gasteiger partial charge in [0.15, 0.2) is 6.17 Å². The Kier molecular flexibility index (Phi) is 8.46. The Morgan fingerprint density at radius 3 is 1.44 bits per heavy atom. The molecule has 0 amide bonds. The molecule has 4 aliphatic carbocycles. The Morgan fingerprint density at radius 2 is 0.971 bits per heavy atom. The Labute approximate surface area is 198 Å². The molecule has 0 spiro atoms. The molecule has 0 aromatic rings. The summed E-state index contributed by atoms with van der Waals surface area (Å²) in [6, 6.07) is 0. The van der Waals surface area contributed by atoms with Crippen molar-refractivity contribution in [1.82, 2.24) is 0 Å². The first kappa shape index (κ1) is 26.5. The van der Waals surface area contributed by atoms with Crippen molar-refractivity contribution < 1.29 is 35.5 Å². The summed E-state index contributed by atoms with van der Waals surface area (Å²) in [5.74, 6) is 0.277. The Balaban J connectivity index is 1.28. The fourth-order valence-electron chi connectivity index (χ4n) is 7.23. The molecule has 0 aromatic heterocycles. The maximum absolute atomic E-state index is 14.9. The molecule has 0 aliphatic heterocycles. The number of hydrogen-bond acceptors (Lipinski definition) is 1. The van der Waals surface area contributed by atoms with E-state index < -0.39 is 61.8 Å². The summed E-state index contributed by atoms with van der Waals surface area (Å²) in [6.07, 6.45) is -9.97. The van der Waals surface area contributed by atoms with Crippen molar-refractivity contribution in [2.75, 3.05) is 0 Å². The third kappa shape index (κ3) is 5.88. The lowest BCUT2D eigenvalue weighted by atomic mass is 9.65. The second kappa shape index (κ2) is 10.8. The van der Waals surface area contributed by atoms with Crippen LogP contribution in [0, 0.1) is 35.5 Å². The highest BCUT2D eigenvalue weighted by atomic mass is 19.3. The van der Waals surface area contributed by atoms with E-state index in [9.17, 15) is 30.7 Å². The monoisotopic (exact) mass is 500 g/mol. The van der Waals surface area contributed by atoms with Crippen molar-refractivity contribution in [1.29, 1.82) is 0 Å². The minimum Gasteiger partial charge on any atom is -0.311 e. The second-order valence-corrected chi connectivity index (χ2v) is 11.7. The molecule has 4 saturated carbocycles. The van der Waals surface area contributed by atoms with Gasteiger partial charge in [-0.05, 0) is 93.8 Å². The van der Waals surface area contributed by atoms with E-state index >= 15 is 0 Å². The van der Waals surface area contributed by atoms with Crippen LogP contribution < -0.4 is 0 Å². The molecular formula is C26H39F7O. The molecular weight excluding hydrogens is 461 g/mol. The van der Waals surface area contributed by atoms with Gasteiger partial charge in [-0.15, -0.1) is 0 Å². The van der Waals surface area contributed by atoms with Gasteiger partial charge < -0.3 is 4.74 Å². The summed E-state index contributed by atoms with van der Waals surface area (Å²) < 4.78 is 104. The third-order valence-corrected chi connectivity index (χ3v) is 9.46. The highest BCUT2D eigenvalue weighted by Gasteiger charge is 2.54. The highest BCUT2D eigenvalue weighted by Crippen LogP contribution is 2.48. The predicted molar refractivity (Wildman–Crippen MR) is 116 cm³/mol. The van der Waals surface area contributed by atoms with Gasteiger partial charge in [0.1, 0.15) is 30.8 Å². The maximum Gasteiger partial charge on any atom is 0.359 e. The smallest absolute Gasteiger partial charge is 0.311 e. The average Bonchev–Trinajstić information content (AvgIpc) is 2.80. The lowest BCUT2D eigenvalue weighted by molar-refractivity contribution is -0.322. The zero-order valence-corrected chi connectivity index (χ0v) is 20.0. The first-order valence-electron chi connectivity index (χ1n) is 13.3. The van der Waals surface area contributed by atoms with E-state index in [1.165, 1.54) is 25.7 Å². The van der Waals surface area contributed by atoms with Crippen LogP contribution in [-0.2, 0) is 4.74 Å². The van der Waals surface area contributed by atoms with Gasteiger partial charge in [-0.3, -0.25) is 0 Å². The van der Waals surface area contributed by atoms with Crippen LogP contribution in [0.5, 0.6) is 0 Å². The first-order valence-corrected chi connectivity index (χ1v) is 13.3. The number of rotatable bonds is 5. The topological polar surface area (TPSA) is 9.23 Å². The summed E-state index contributed by atoms with van der Waals surface area (Å²) in [5, 5.41) is 0. The Hall–Kier alpha value is -0.530. The largest absolute Gasteiger partial charge is 0.359 e. The molecule has 0 N–H and O–H groups in total. The van der Waals surface area contributed by atoms with Crippen LogP contribution in [-0.4, -0.2) is 43.1 Å². The van der Waals surface area contributed by atoms with Crippen molar-refractivity contribution in [2.45, 2.75) is 127 Å². The summed E-state index contributed by atoms with van der Waals surface area (Å²) in [6.45, 7) is 2.30. The van der Waals surface area contributed by atoms with Gasteiger partial charge in [0.2, 0.25) is 0 Å². The molecule has 4 fully saturated rings. The number of alkyl halides is 7. The van der Waals surface area contributed by atoms with Gasteiger partial charge in [-0.1, -0.05) is 19.8 Å². The zero-order chi connectivity index (χ0) is 24.6. The quantitative estimate of drug-likeness (QED) is 0.347. The van der Waals surface area contributed by atoms with Gasteiger partial charge in [0, 0.05) is 0 Å². The van der Waals surface area contributed by atoms with Gasteiger partial charge in [-0.25, -0.2) is 22.0 Å². The molecule has 4 atom stereocenters. The standard InChI is InChI=1S/C26H39F7O/c1-14-2-4-15(5-3-14)16-6-8-17(9-7-16)18-10-22(29)25(23(30)11-18)34-26(32,33)19-12-20(27)24(31)21(28)13-19/h14-25H,2-13H2,1H3. The Bertz CT molecular complexity index is 623. The SMILES string of the molecule is CC1CCC(C2CCC(C3CC(F)C(OC(F)(F)C4CC(F)C(F)C(F)C4)C(F)C3)CC2)CC1. The van der Waals surface area contributed by atoms with Crippen molar-refractivity contribution in [3.63, 3.8) is 0 Å². The van der Waals surface area contributed by atoms with E-state index in [4.69, 9.17) is 0 Å². The van der Waals surface area contributed by atoms with Crippen LogP contribution in [0.2, 0.25) is 0 Å². The highest BCUT2D eigenvalue weighted by molar-refractivity contribution is 4.95. The zero-order valence-electron chi connectivity index (χ0n) is 20.0. The lowest BCUT2D eigenvalue weighted by Gasteiger charge is -2.44. The third-order valence-electron chi connectivity index (χ3n) is 9.46. The van der Waals surface area contributed by atoms with Crippen LogP contribution in [0.3, 0.4) is 0 Å². The number of halogens is 7. The minimum absolute atomic E-state index is 0.0356. The summed E-state index contributed by atoms with van der Waals surface area (Å²) in [4.78, 5) is 0. The minimum atomic E-state index is -4.11. The summed E-state index contributed by atoms with van der Waals surface area (Å²) in [5.41, 5.74) is 0. The first-order chi connectivity index (χ1) is 16.0. The fraction of sp³-hybridized carbons (Fsp3) is 1.00. The van der Waals surface area contributed by atoms with Crippen molar-refractivity contribution >= 4 is 0 Å². The summed E-state index contributed by atoms with van der Waals surface area (Å²) in [7, 11) is 0. The normalized spacial score (nSPS) is 49.1. The summed E-state index contributed by atoms with van der Waals surface area (Å²) >= 11 is 0. The number of hydrogen-bond donors (Lipinski definition) is 0. The van der Waals surface area contributed by atoms with Crippen molar-refractivity contribution in [2.24, 2.45) is 35.5 Å². The fourth-order valence-corrected chi connectivity index (χ4v) is 7.23. The van der Waals surface area contributed by atoms with Crippen LogP contribution in [0.15, 0.2) is 0 Å². The molecule has 4 rings (SSSR count). The second-order valence-electron chi connectivity index (χ2n) is 11.7. The molecule has 198 valence electrons. The van der Waals surface area contributed by atoms with Crippen molar-refractivity contribution in [3.05, 3.63) is 0 Å². The number of ether oxygens (including phenoxy) is 1. The van der Waals surface area contributed by atoms with E-state index in [2.05, 4.69) is 11.7 Å². The van der Waals surface area contributed by atoms with E-state index in [0.717, 1.165) is 37.5 Å². The van der Waals surface area contributed by atoms with E-state index in [0.29, 0.717) is 5.92 Å². The van der Waals surface area contributed by atoms with Crippen LogP contribution in [0.25, 0.3) is 0 Å². The maximum atomic E-state index is 14.9. The molecule has 4 unspecified atom stereocenters. The van der Waals surface area contributed by atoms with E-state index in [-0.39, 0.29) is 24.7 Å². The van der Waals surface area contributed by atoms with Gasteiger partial charge in [0.05, 0.1) is 5.92 Å². The molecule has 0 heterocycles.